The molecular weight excluding hydrogens is 214 g/mol. The Kier molecular flexibility index (Phi) is 3.04. The van der Waals surface area contributed by atoms with Gasteiger partial charge in [0, 0.05) is 11.5 Å². The van der Waals surface area contributed by atoms with Crippen molar-refractivity contribution in [2.75, 3.05) is 20.8 Å². The van der Waals surface area contributed by atoms with Crippen LogP contribution in [0.15, 0.2) is 18.2 Å². The molecule has 3 heteroatoms. The fourth-order valence-corrected chi connectivity index (χ4v) is 2.94. The van der Waals surface area contributed by atoms with Gasteiger partial charge in [-0.2, -0.15) is 0 Å². The molecule has 2 N–H and O–H groups in total. The molecule has 0 bridgehead atoms. The number of methoxy groups -OCH3 is 2. The first-order chi connectivity index (χ1) is 8.07. The van der Waals surface area contributed by atoms with Crippen LogP contribution < -0.4 is 15.2 Å². The minimum absolute atomic E-state index is 0.233. The zero-order valence-electron chi connectivity index (χ0n) is 11.0. The summed E-state index contributed by atoms with van der Waals surface area (Å²) in [5.74, 6) is 2.74. The van der Waals surface area contributed by atoms with E-state index in [1.807, 2.05) is 18.2 Å². The summed E-state index contributed by atoms with van der Waals surface area (Å²) < 4.78 is 10.9. The first-order valence-electron chi connectivity index (χ1n) is 5.98. The summed E-state index contributed by atoms with van der Waals surface area (Å²) >= 11 is 0. The summed E-state index contributed by atoms with van der Waals surface area (Å²) in [6, 6.07) is 5.92. The Hall–Kier alpha value is -1.22. The third-order valence-corrected chi connectivity index (χ3v) is 4.08. The first kappa shape index (κ1) is 12.2. The Morgan fingerprint density at radius 1 is 1.18 bits per heavy atom. The van der Waals surface area contributed by atoms with E-state index in [1.165, 1.54) is 0 Å². The van der Waals surface area contributed by atoms with Gasteiger partial charge in [-0.3, -0.25) is 0 Å². The van der Waals surface area contributed by atoms with E-state index in [0.29, 0.717) is 18.4 Å². The second kappa shape index (κ2) is 4.22. The highest BCUT2D eigenvalue weighted by atomic mass is 16.5. The van der Waals surface area contributed by atoms with Crippen LogP contribution in [0, 0.1) is 11.3 Å². The molecule has 2 atom stereocenters. The molecule has 0 saturated heterocycles. The minimum Gasteiger partial charge on any atom is -0.496 e. The van der Waals surface area contributed by atoms with Crippen LogP contribution in [0.4, 0.5) is 0 Å². The van der Waals surface area contributed by atoms with Crippen LogP contribution in [0.5, 0.6) is 11.5 Å². The van der Waals surface area contributed by atoms with E-state index in [-0.39, 0.29) is 5.41 Å². The van der Waals surface area contributed by atoms with Gasteiger partial charge in [0.25, 0.3) is 0 Å². The van der Waals surface area contributed by atoms with Gasteiger partial charge in [0.05, 0.1) is 14.2 Å². The van der Waals surface area contributed by atoms with Gasteiger partial charge in [0.2, 0.25) is 0 Å². The van der Waals surface area contributed by atoms with Gasteiger partial charge in [-0.25, -0.2) is 0 Å². The van der Waals surface area contributed by atoms with Gasteiger partial charge >= 0.3 is 0 Å². The molecule has 3 nitrogen and oxygen atoms in total. The molecule has 1 aliphatic rings. The Bertz CT molecular complexity index is 392. The average Bonchev–Trinajstić information content (AvgIpc) is 2.89. The monoisotopic (exact) mass is 235 g/mol. The van der Waals surface area contributed by atoms with Crippen LogP contribution in [0.1, 0.15) is 25.3 Å². The van der Waals surface area contributed by atoms with Crippen molar-refractivity contribution < 1.29 is 9.47 Å². The molecule has 17 heavy (non-hydrogen) atoms. The largest absolute Gasteiger partial charge is 0.496 e. The number of ether oxygens (including phenoxy) is 2. The third-order valence-electron chi connectivity index (χ3n) is 4.08. The maximum atomic E-state index is 5.84. The molecule has 1 aromatic rings. The lowest BCUT2D eigenvalue weighted by Gasteiger charge is -2.14. The topological polar surface area (TPSA) is 44.5 Å². The zero-order chi connectivity index (χ0) is 12.6. The first-order valence-corrected chi connectivity index (χ1v) is 5.98. The molecule has 0 heterocycles. The molecule has 0 unspecified atom stereocenters. The van der Waals surface area contributed by atoms with Crippen LogP contribution in [0.2, 0.25) is 0 Å². The Balaban J connectivity index is 2.45. The van der Waals surface area contributed by atoms with E-state index < -0.39 is 0 Å². The molecule has 0 aliphatic heterocycles. The summed E-state index contributed by atoms with van der Waals surface area (Å²) in [6.45, 7) is 5.21. The highest BCUT2D eigenvalue weighted by molar-refractivity contribution is 5.51. The predicted octanol–water partition coefficient (Wildman–Crippen LogP) is 2.40. The van der Waals surface area contributed by atoms with Crippen LogP contribution >= 0.6 is 0 Å². The fraction of sp³-hybridized carbons (Fsp3) is 0.571. The summed E-state index contributed by atoms with van der Waals surface area (Å²) in [5, 5.41) is 0. The van der Waals surface area contributed by atoms with Crippen LogP contribution in [-0.2, 0) is 0 Å². The molecule has 1 aromatic carbocycles. The lowest BCUT2D eigenvalue weighted by Crippen LogP contribution is -2.05. The van der Waals surface area contributed by atoms with Crippen LogP contribution in [-0.4, -0.2) is 20.8 Å². The van der Waals surface area contributed by atoms with Crippen molar-refractivity contribution in [1.29, 1.82) is 0 Å². The van der Waals surface area contributed by atoms with E-state index in [2.05, 4.69) is 13.8 Å². The molecule has 2 rings (SSSR count). The molecule has 0 amide bonds. The van der Waals surface area contributed by atoms with Gasteiger partial charge in [-0.1, -0.05) is 19.9 Å². The Labute approximate surface area is 103 Å². The van der Waals surface area contributed by atoms with Gasteiger partial charge in [0.15, 0.2) is 0 Å². The second-order valence-corrected chi connectivity index (χ2v) is 5.22. The highest BCUT2D eigenvalue weighted by Crippen LogP contribution is 2.66. The van der Waals surface area contributed by atoms with Crippen molar-refractivity contribution in [1.82, 2.24) is 0 Å². The molecule has 1 fully saturated rings. The summed E-state index contributed by atoms with van der Waals surface area (Å²) in [5.41, 5.74) is 7.24. The maximum Gasteiger partial charge on any atom is 0.126 e. The van der Waals surface area contributed by atoms with Crippen molar-refractivity contribution in [2.45, 2.75) is 19.8 Å². The van der Waals surface area contributed by atoms with E-state index in [0.717, 1.165) is 17.1 Å². The van der Waals surface area contributed by atoms with Crippen molar-refractivity contribution in [3.63, 3.8) is 0 Å². The molecule has 94 valence electrons. The number of benzene rings is 1. The summed E-state index contributed by atoms with van der Waals surface area (Å²) in [4.78, 5) is 0. The van der Waals surface area contributed by atoms with E-state index in [9.17, 15) is 0 Å². The molecular formula is C14H21NO2. The average molecular weight is 235 g/mol. The fourth-order valence-electron chi connectivity index (χ4n) is 2.94. The SMILES string of the molecule is COc1cccc(OC)c1[C@@H]1[C@@H](CN)C1(C)C. The van der Waals surface area contributed by atoms with Gasteiger partial charge < -0.3 is 15.2 Å². The molecule has 0 spiro atoms. The Morgan fingerprint density at radius 3 is 2.06 bits per heavy atom. The van der Waals surface area contributed by atoms with Gasteiger partial charge in [-0.05, 0) is 30.0 Å². The highest BCUT2D eigenvalue weighted by Gasteiger charge is 2.59. The van der Waals surface area contributed by atoms with E-state index in [4.69, 9.17) is 15.2 Å². The number of rotatable bonds is 4. The second-order valence-electron chi connectivity index (χ2n) is 5.22. The quantitative estimate of drug-likeness (QED) is 0.871. The molecule has 1 saturated carbocycles. The number of hydrogen-bond donors (Lipinski definition) is 1. The standard InChI is InChI=1S/C14H21NO2/c1-14(2)9(8-15)13(14)12-10(16-3)6-5-7-11(12)17-4/h5-7,9,13H,8,15H2,1-4H3/t9-,13+/m1/s1. The lowest BCUT2D eigenvalue weighted by atomic mass is 10.0. The predicted molar refractivity (Wildman–Crippen MR) is 68.6 cm³/mol. The van der Waals surface area contributed by atoms with Crippen molar-refractivity contribution >= 4 is 0 Å². The number of nitrogens with two attached hydrogens (primary N) is 1. The third kappa shape index (κ3) is 1.78. The summed E-state index contributed by atoms with van der Waals surface area (Å²) in [6.07, 6.45) is 0. The van der Waals surface area contributed by atoms with Crippen molar-refractivity contribution in [3.8, 4) is 11.5 Å². The lowest BCUT2D eigenvalue weighted by molar-refractivity contribution is 0.382. The molecule has 1 aliphatic carbocycles. The van der Waals surface area contributed by atoms with Gasteiger partial charge in [-0.15, -0.1) is 0 Å². The van der Waals surface area contributed by atoms with Crippen molar-refractivity contribution in [3.05, 3.63) is 23.8 Å². The molecule has 0 aromatic heterocycles. The number of hydrogen-bond acceptors (Lipinski definition) is 3. The summed E-state index contributed by atoms with van der Waals surface area (Å²) in [7, 11) is 3.40. The van der Waals surface area contributed by atoms with Crippen LogP contribution in [0.3, 0.4) is 0 Å². The smallest absolute Gasteiger partial charge is 0.126 e. The zero-order valence-corrected chi connectivity index (χ0v) is 11.0. The maximum absolute atomic E-state index is 5.84. The van der Waals surface area contributed by atoms with Gasteiger partial charge in [0.1, 0.15) is 11.5 Å². The van der Waals surface area contributed by atoms with Crippen molar-refractivity contribution in [2.24, 2.45) is 17.1 Å². The van der Waals surface area contributed by atoms with E-state index >= 15 is 0 Å². The minimum atomic E-state index is 0.233. The van der Waals surface area contributed by atoms with E-state index in [1.54, 1.807) is 14.2 Å². The van der Waals surface area contributed by atoms with Crippen LogP contribution in [0.25, 0.3) is 0 Å². The molecule has 0 radical (unpaired) electrons. The Morgan fingerprint density at radius 2 is 1.71 bits per heavy atom. The normalized spacial score (nSPS) is 25.5.